The Morgan fingerprint density at radius 3 is 2.45 bits per heavy atom. The van der Waals surface area contributed by atoms with Crippen LogP contribution in [0.4, 0.5) is 0 Å². The highest BCUT2D eigenvalue weighted by Crippen LogP contribution is 2.36. The Bertz CT molecular complexity index is 499. The highest BCUT2D eigenvalue weighted by atomic mass is 35.5. The first-order valence-corrected chi connectivity index (χ1v) is 7.88. The average molecular weight is 297 g/mol. The lowest BCUT2D eigenvalue weighted by atomic mass is 9.95. The van der Waals surface area contributed by atoms with Gasteiger partial charge in [-0.25, -0.2) is 0 Å². The van der Waals surface area contributed by atoms with Crippen LogP contribution in [-0.2, 0) is 6.54 Å². The normalized spacial score (nSPS) is 17.9. The maximum atomic E-state index is 11.9. The van der Waals surface area contributed by atoms with E-state index in [2.05, 4.69) is 30.5 Å². The molecule has 1 aliphatic rings. The van der Waals surface area contributed by atoms with E-state index in [4.69, 9.17) is 11.6 Å². The second kappa shape index (κ2) is 5.90. The first-order valence-electron chi connectivity index (χ1n) is 7.34. The molecule has 0 amide bonds. The van der Waals surface area contributed by atoms with E-state index < -0.39 is 0 Å². The first-order chi connectivity index (χ1) is 9.41. The molecule has 0 spiro atoms. The molecule has 0 saturated heterocycles. The summed E-state index contributed by atoms with van der Waals surface area (Å²) in [5.41, 5.74) is 3.23. The van der Waals surface area contributed by atoms with Gasteiger partial charge in [0.1, 0.15) is 0 Å². The van der Waals surface area contributed by atoms with Gasteiger partial charge in [-0.1, -0.05) is 12.8 Å². The second-order valence-corrected chi connectivity index (χ2v) is 6.52. The number of Topliss-reactive ketones (excluding diaryl/α,β-unsaturated/α-hetero) is 1. The minimum Gasteiger partial charge on any atom is -0.347 e. The fourth-order valence-electron chi connectivity index (χ4n) is 3.47. The molecule has 0 N–H and O–H groups in total. The minimum absolute atomic E-state index is 0.0244. The van der Waals surface area contributed by atoms with Crippen molar-refractivity contribution in [2.45, 2.75) is 51.6 Å². The summed E-state index contributed by atoms with van der Waals surface area (Å²) in [4.78, 5) is 14.3. The van der Waals surface area contributed by atoms with E-state index in [0.29, 0.717) is 0 Å². The zero-order valence-electron chi connectivity index (χ0n) is 13.0. The molecule has 4 heteroatoms. The Labute approximate surface area is 126 Å². The van der Waals surface area contributed by atoms with Crippen molar-refractivity contribution >= 4 is 17.4 Å². The van der Waals surface area contributed by atoms with Crippen LogP contribution in [0.2, 0.25) is 0 Å². The molecule has 0 aromatic carbocycles. The molecular formula is C16H25ClN2O. The molecule has 1 heterocycles. The van der Waals surface area contributed by atoms with Gasteiger partial charge in [0.15, 0.2) is 5.78 Å². The van der Waals surface area contributed by atoms with Crippen LogP contribution in [0.3, 0.4) is 0 Å². The van der Waals surface area contributed by atoms with E-state index in [1.165, 1.54) is 25.7 Å². The van der Waals surface area contributed by atoms with Crippen LogP contribution in [0.15, 0.2) is 6.07 Å². The summed E-state index contributed by atoms with van der Waals surface area (Å²) in [5, 5.41) is 0. The van der Waals surface area contributed by atoms with Gasteiger partial charge in [-0.15, -0.1) is 11.6 Å². The number of rotatable bonds is 5. The van der Waals surface area contributed by atoms with Gasteiger partial charge in [0, 0.05) is 29.0 Å². The minimum atomic E-state index is 0.0244. The summed E-state index contributed by atoms with van der Waals surface area (Å²) in [6.07, 6.45) is 5.06. The van der Waals surface area contributed by atoms with Crippen LogP contribution < -0.4 is 0 Å². The lowest BCUT2D eigenvalue weighted by Crippen LogP contribution is -2.45. The summed E-state index contributed by atoms with van der Waals surface area (Å²) in [7, 11) is 4.34. The van der Waals surface area contributed by atoms with Crippen LogP contribution in [0, 0.1) is 13.8 Å². The molecule has 0 unspecified atom stereocenters. The number of likely N-dealkylation sites (N-methyl/N-ethyl adjacent to an activating group) is 1. The molecular weight excluding hydrogens is 272 g/mol. The summed E-state index contributed by atoms with van der Waals surface area (Å²) in [5.74, 6) is 0.0830. The third-order valence-corrected chi connectivity index (χ3v) is 5.17. The number of aryl methyl sites for hydroxylation is 1. The van der Waals surface area contributed by atoms with Crippen LogP contribution >= 0.6 is 11.6 Å². The lowest BCUT2D eigenvalue weighted by Gasteiger charge is -2.37. The average Bonchev–Trinajstić information content (AvgIpc) is 2.99. The van der Waals surface area contributed by atoms with E-state index in [-0.39, 0.29) is 17.2 Å². The maximum Gasteiger partial charge on any atom is 0.179 e. The van der Waals surface area contributed by atoms with Crippen molar-refractivity contribution in [2.75, 3.05) is 20.0 Å². The molecule has 112 valence electrons. The number of nitrogens with zero attached hydrogens (tertiary/aromatic N) is 2. The number of alkyl halides is 1. The largest absolute Gasteiger partial charge is 0.347 e. The number of halogens is 1. The Balaban J connectivity index is 2.34. The fourth-order valence-corrected chi connectivity index (χ4v) is 3.62. The van der Waals surface area contributed by atoms with E-state index >= 15 is 0 Å². The van der Waals surface area contributed by atoms with Gasteiger partial charge in [-0.05, 0) is 46.9 Å². The number of hydrogen-bond donors (Lipinski definition) is 0. The van der Waals surface area contributed by atoms with Crippen LogP contribution in [0.5, 0.6) is 0 Å². The predicted octanol–water partition coefficient (Wildman–Crippen LogP) is 3.40. The van der Waals surface area contributed by atoms with Crippen molar-refractivity contribution in [1.82, 2.24) is 9.47 Å². The quantitative estimate of drug-likeness (QED) is 0.614. The highest BCUT2D eigenvalue weighted by Gasteiger charge is 2.37. The Morgan fingerprint density at radius 2 is 1.95 bits per heavy atom. The maximum absolute atomic E-state index is 11.9. The van der Waals surface area contributed by atoms with Gasteiger partial charge in [0.2, 0.25) is 0 Å². The van der Waals surface area contributed by atoms with Crippen molar-refractivity contribution in [1.29, 1.82) is 0 Å². The number of carbonyl (C=O) groups excluding carboxylic acids is 1. The molecule has 1 aromatic rings. The molecule has 0 aliphatic heterocycles. The fraction of sp³-hybridized carbons (Fsp3) is 0.688. The molecule has 1 aliphatic carbocycles. The first kappa shape index (κ1) is 15.6. The second-order valence-electron chi connectivity index (χ2n) is 6.25. The zero-order valence-corrected chi connectivity index (χ0v) is 13.8. The molecule has 3 nitrogen and oxygen atoms in total. The summed E-state index contributed by atoms with van der Waals surface area (Å²) >= 11 is 5.70. The van der Waals surface area contributed by atoms with Crippen LogP contribution in [-0.4, -0.2) is 40.8 Å². The van der Waals surface area contributed by atoms with Crippen LogP contribution in [0.25, 0.3) is 0 Å². The number of carbonyl (C=O) groups is 1. The topological polar surface area (TPSA) is 25.2 Å². The zero-order chi connectivity index (χ0) is 14.9. The third kappa shape index (κ3) is 2.66. The Morgan fingerprint density at radius 1 is 1.35 bits per heavy atom. The summed E-state index contributed by atoms with van der Waals surface area (Å²) < 4.78 is 2.30. The molecule has 0 bridgehead atoms. The monoisotopic (exact) mass is 296 g/mol. The molecule has 1 fully saturated rings. The number of hydrogen-bond acceptors (Lipinski definition) is 2. The molecule has 0 radical (unpaired) electrons. The summed E-state index contributed by atoms with van der Waals surface area (Å²) in [6, 6.07) is 1.98. The number of ketones is 1. The number of aromatic nitrogens is 1. The van der Waals surface area contributed by atoms with E-state index in [1.54, 1.807) is 0 Å². The standard InChI is InChI=1S/C16H25ClN2O/c1-12-9-14(15(20)10-17)13(2)19(12)11-16(18(3)4)7-5-6-8-16/h9H,5-8,10-11H2,1-4H3. The predicted molar refractivity (Wildman–Crippen MR) is 83.8 cm³/mol. The van der Waals surface area contributed by atoms with E-state index in [1.807, 2.05) is 13.0 Å². The SMILES string of the molecule is Cc1cc(C(=O)CCl)c(C)n1CC1(N(C)C)CCCC1. The third-order valence-electron chi connectivity index (χ3n) is 4.93. The van der Waals surface area contributed by atoms with Gasteiger partial charge in [-0.2, -0.15) is 0 Å². The van der Waals surface area contributed by atoms with Crippen molar-refractivity contribution in [3.05, 3.63) is 23.0 Å². The van der Waals surface area contributed by atoms with Gasteiger partial charge < -0.3 is 9.47 Å². The summed E-state index contributed by atoms with van der Waals surface area (Å²) in [6.45, 7) is 5.08. The van der Waals surface area contributed by atoms with Crippen LogP contribution in [0.1, 0.15) is 47.4 Å². The van der Waals surface area contributed by atoms with E-state index in [9.17, 15) is 4.79 Å². The van der Waals surface area contributed by atoms with Gasteiger partial charge in [0.05, 0.1) is 5.88 Å². The lowest BCUT2D eigenvalue weighted by molar-refractivity contribution is 0.101. The van der Waals surface area contributed by atoms with Gasteiger partial charge in [-0.3, -0.25) is 4.79 Å². The molecule has 0 atom stereocenters. The van der Waals surface area contributed by atoms with Crippen molar-refractivity contribution in [3.8, 4) is 0 Å². The molecule has 1 saturated carbocycles. The highest BCUT2D eigenvalue weighted by molar-refractivity contribution is 6.30. The van der Waals surface area contributed by atoms with Crippen molar-refractivity contribution < 1.29 is 4.79 Å². The van der Waals surface area contributed by atoms with Gasteiger partial charge >= 0.3 is 0 Å². The Hall–Kier alpha value is -0.800. The van der Waals surface area contributed by atoms with Gasteiger partial charge in [0.25, 0.3) is 0 Å². The molecule has 1 aromatic heterocycles. The molecule has 20 heavy (non-hydrogen) atoms. The molecule has 2 rings (SSSR count). The van der Waals surface area contributed by atoms with Crippen molar-refractivity contribution in [2.24, 2.45) is 0 Å². The smallest absolute Gasteiger partial charge is 0.179 e. The van der Waals surface area contributed by atoms with Crippen molar-refractivity contribution in [3.63, 3.8) is 0 Å². The van der Waals surface area contributed by atoms with E-state index in [0.717, 1.165) is 23.5 Å². The Kier molecular flexibility index (Phi) is 4.60.